The molecule has 0 spiro atoms. The first-order valence-corrected chi connectivity index (χ1v) is 15.5. The predicted molar refractivity (Wildman–Crippen MR) is 185 cm³/mol. The molecule has 13 nitrogen and oxygen atoms in total. The number of methoxy groups -OCH3 is 2. The first-order valence-electron chi connectivity index (χ1n) is 15.5. The van der Waals surface area contributed by atoms with E-state index in [4.69, 9.17) is 30.2 Å². The van der Waals surface area contributed by atoms with Crippen LogP contribution < -0.4 is 20.9 Å². The number of aromatic nitrogens is 4. The molecule has 5 N–H and O–H groups in total. The van der Waals surface area contributed by atoms with Crippen LogP contribution in [0.4, 0.5) is 20.5 Å². The highest BCUT2D eigenvalue weighted by molar-refractivity contribution is 6.02. The van der Waals surface area contributed by atoms with E-state index in [2.05, 4.69) is 15.0 Å². The summed E-state index contributed by atoms with van der Waals surface area (Å²) in [5.74, 6) is -0.671. The Morgan fingerprint density at radius 1 is 1.02 bits per heavy atom. The first-order chi connectivity index (χ1) is 24.6. The van der Waals surface area contributed by atoms with Gasteiger partial charge in [-0.15, -0.1) is 0 Å². The zero-order valence-electron chi connectivity index (χ0n) is 27.8. The molecule has 0 bridgehead atoms. The number of nitrogen functional groups attached to an aromatic ring is 2. The van der Waals surface area contributed by atoms with E-state index in [9.17, 15) is 14.0 Å². The molecular formula is C36H31F2N7O6. The number of hydroxylamine groups is 2. The average Bonchev–Trinajstić information content (AvgIpc) is 3.83. The SMILES string of the molecule is COc1cc(Cc2cnc(N)nc2N)c2cc(C(c3c(C(=O)N(C)OC)[nH]c4ccc(F)cc34)n3c(C=O)cc4cc(F)ccc43)oc2c1OC. The summed E-state index contributed by atoms with van der Waals surface area (Å²) in [4.78, 5) is 43.2. The molecule has 0 saturated carbocycles. The van der Waals surface area contributed by atoms with Crippen molar-refractivity contribution in [3.63, 3.8) is 0 Å². The summed E-state index contributed by atoms with van der Waals surface area (Å²) >= 11 is 0. The fraction of sp³-hybridized carbons (Fsp3) is 0.167. The number of furan rings is 1. The normalized spacial score (nSPS) is 12.1. The summed E-state index contributed by atoms with van der Waals surface area (Å²) in [6.45, 7) is 0. The molecule has 1 amide bonds. The Balaban J connectivity index is 1.60. The van der Waals surface area contributed by atoms with Crippen LogP contribution in [-0.4, -0.2) is 65.2 Å². The molecule has 1 atom stereocenters. The van der Waals surface area contributed by atoms with E-state index in [0.29, 0.717) is 50.4 Å². The molecule has 0 aliphatic rings. The maximum absolute atomic E-state index is 15.0. The topological polar surface area (TPSA) is 177 Å². The Morgan fingerprint density at radius 2 is 1.78 bits per heavy atom. The van der Waals surface area contributed by atoms with Gasteiger partial charge in [0.05, 0.1) is 27.0 Å². The lowest BCUT2D eigenvalue weighted by Gasteiger charge is -2.22. The highest BCUT2D eigenvalue weighted by Gasteiger charge is 2.34. The first kappa shape index (κ1) is 33.0. The Morgan fingerprint density at radius 3 is 2.49 bits per heavy atom. The minimum Gasteiger partial charge on any atom is -0.493 e. The van der Waals surface area contributed by atoms with E-state index >= 15 is 4.39 Å². The number of aldehydes is 1. The molecule has 15 heteroatoms. The molecule has 0 fully saturated rings. The third kappa shape index (κ3) is 5.53. The molecular weight excluding hydrogens is 664 g/mol. The van der Waals surface area contributed by atoms with Crippen molar-refractivity contribution in [1.82, 2.24) is 24.6 Å². The van der Waals surface area contributed by atoms with E-state index in [1.165, 1.54) is 77.0 Å². The van der Waals surface area contributed by atoms with Gasteiger partial charge in [-0.2, -0.15) is 4.98 Å². The lowest BCUT2D eigenvalue weighted by molar-refractivity contribution is -0.0760. The number of hydrogen-bond acceptors (Lipinski definition) is 10. The second-order valence-corrected chi connectivity index (χ2v) is 11.7. The Labute approximate surface area is 288 Å². The number of amides is 1. The number of nitrogens with two attached hydrogens (primary N) is 2. The fourth-order valence-corrected chi connectivity index (χ4v) is 6.52. The summed E-state index contributed by atoms with van der Waals surface area (Å²) in [6, 6.07) is 12.0. The van der Waals surface area contributed by atoms with Crippen molar-refractivity contribution in [3.05, 3.63) is 106 Å². The molecule has 0 aliphatic heterocycles. The van der Waals surface area contributed by atoms with Gasteiger partial charge in [0.2, 0.25) is 11.7 Å². The van der Waals surface area contributed by atoms with Crippen molar-refractivity contribution >= 4 is 56.7 Å². The van der Waals surface area contributed by atoms with E-state index in [-0.39, 0.29) is 52.2 Å². The maximum atomic E-state index is 15.0. The van der Waals surface area contributed by atoms with E-state index in [0.717, 1.165) is 5.06 Å². The van der Waals surface area contributed by atoms with Crippen LogP contribution in [-0.2, 0) is 11.3 Å². The third-order valence-corrected chi connectivity index (χ3v) is 8.88. The standard InChI is InChI=1S/C36H31F2N7O6/c1-44(50-4)35(47)30-29(24-13-21(38)5-7-25(24)42-30)31(45-22(16-46)11-18-10-20(37)6-8-26(18)45)27-14-23-17(9-19-15-41-36(40)43-34(19)39)12-28(48-2)33(49-3)32(23)51-27/h5-8,10-16,31,42H,9H2,1-4H3,(H4,39,40,41,43). The highest BCUT2D eigenvalue weighted by Crippen LogP contribution is 2.46. The van der Waals surface area contributed by atoms with Crippen LogP contribution in [0.15, 0.2) is 65.2 Å². The molecule has 4 aromatic heterocycles. The molecule has 0 radical (unpaired) electrons. The van der Waals surface area contributed by atoms with Crippen LogP contribution in [0.1, 0.15) is 49.5 Å². The fourth-order valence-electron chi connectivity index (χ4n) is 6.52. The number of rotatable bonds is 10. The maximum Gasteiger partial charge on any atom is 0.293 e. The number of ether oxygens (including phenoxy) is 2. The summed E-state index contributed by atoms with van der Waals surface area (Å²) in [5, 5.41) is 2.30. The minimum absolute atomic E-state index is 0.0200. The Kier molecular flexibility index (Phi) is 8.27. The quantitative estimate of drug-likeness (QED) is 0.117. The Bertz CT molecular complexity index is 2510. The Hall–Kier alpha value is -6.48. The van der Waals surface area contributed by atoms with Crippen molar-refractivity contribution in [1.29, 1.82) is 0 Å². The van der Waals surface area contributed by atoms with Crippen LogP contribution in [0, 0.1) is 11.6 Å². The number of fused-ring (bicyclic) bond motifs is 3. The lowest BCUT2D eigenvalue weighted by Crippen LogP contribution is -2.28. The van der Waals surface area contributed by atoms with Crippen LogP contribution in [0.5, 0.6) is 11.5 Å². The summed E-state index contributed by atoms with van der Waals surface area (Å²) in [7, 11) is 5.69. The number of benzene rings is 3. The van der Waals surface area contributed by atoms with Gasteiger partial charge >= 0.3 is 0 Å². The van der Waals surface area contributed by atoms with Gasteiger partial charge < -0.3 is 34.9 Å². The van der Waals surface area contributed by atoms with Crippen molar-refractivity contribution < 1.29 is 37.1 Å². The summed E-state index contributed by atoms with van der Waals surface area (Å²) in [5.41, 5.74) is 14.7. The molecule has 3 aromatic carbocycles. The molecule has 7 aromatic rings. The number of carbonyl (C=O) groups is 2. The predicted octanol–water partition coefficient (Wildman–Crippen LogP) is 5.79. The second-order valence-electron chi connectivity index (χ2n) is 11.7. The number of nitrogens with zero attached hydrogens (tertiary/aromatic N) is 4. The van der Waals surface area contributed by atoms with Crippen molar-refractivity contribution in [2.45, 2.75) is 12.5 Å². The number of nitrogens with one attached hydrogen (secondary N) is 1. The van der Waals surface area contributed by atoms with Crippen LogP contribution in [0.25, 0.3) is 32.8 Å². The van der Waals surface area contributed by atoms with Crippen LogP contribution >= 0.6 is 0 Å². The van der Waals surface area contributed by atoms with Gasteiger partial charge in [-0.3, -0.25) is 14.4 Å². The van der Waals surface area contributed by atoms with Crippen LogP contribution in [0.3, 0.4) is 0 Å². The van der Waals surface area contributed by atoms with E-state index in [1.807, 2.05) is 0 Å². The van der Waals surface area contributed by atoms with Crippen molar-refractivity contribution in [2.75, 3.05) is 39.8 Å². The number of hydrogen-bond donors (Lipinski definition) is 3. The van der Waals surface area contributed by atoms with Crippen molar-refractivity contribution in [3.8, 4) is 11.5 Å². The van der Waals surface area contributed by atoms with Gasteiger partial charge in [-0.1, -0.05) is 0 Å². The number of H-pyrrole nitrogens is 1. The third-order valence-electron chi connectivity index (χ3n) is 8.88. The zero-order chi connectivity index (χ0) is 36.1. The minimum atomic E-state index is -1.13. The molecule has 0 saturated heterocycles. The zero-order valence-corrected chi connectivity index (χ0v) is 27.8. The summed E-state index contributed by atoms with van der Waals surface area (Å²) in [6.07, 6.45) is 2.36. The van der Waals surface area contributed by atoms with Gasteiger partial charge in [-0.25, -0.2) is 18.8 Å². The van der Waals surface area contributed by atoms with Crippen molar-refractivity contribution in [2.24, 2.45) is 0 Å². The molecule has 51 heavy (non-hydrogen) atoms. The van der Waals surface area contributed by atoms with Gasteiger partial charge in [0, 0.05) is 58.0 Å². The van der Waals surface area contributed by atoms with Gasteiger partial charge in [0.1, 0.15) is 34.9 Å². The lowest BCUT2D eigenvalue weighted by atomic mass is 9.97. The molecule has 7 rings (SSSR count). The monoisotopic (exact) mass is 695 g/mol. The largest absolute Gasteiger partial charge is 0.493 e. The average molecular weight is 696 g/mol. The molecule has 260 valence electrons. The highest BCUT2D eigenvalue weighted by atomic mass is 19.1. The number of halogens is 2. The molecule has 4 heterocycles. The smallest absolute Gasteiger partial charge is 0.293 e. The number of anilines is 2. The summed E-state index contributed by atoms with van der Waals surface area (Å²) < 4.78 is 49.3. The number of aromatic amines is 1. The van der Waals surface area contributed by atoms with Gasteiger partial charge in [0.25, 0.3) is 5.91 Å². The van der Waals surface area contributed by atoms with Gasteiger partial charge in [0.15, 0.2) is 17.6 Å². The number of carbonyl (C=O) groups excluding carboxylic acids is 2. The van der Waals surface area contributed by atoms with Gasteiger partial charge in [-0.05, 0) is 60.2 Å². The second kappa shape index (κ2) is 12.8. The van der Waals surface area contributed by atoms with Crippen LogP contribution in [0.2, 0.25) is 0 Å². The van der Waals surface area contributed by atoms with E-state index in [1.54, 1.807) is 16.7 Å². The molecule has 1 unspecified atom stereocenters. The van der Waals surface area contributed by atoms with E-state index < -0.39 is 23.6 Å². The molecule has 0 aliphatic carbocycles.